The molecule has 0 aromatic heterocycles. The van der Waals surface area contributed by atoms with Crippen molar-refractivity contribution in [3.63, 3.8) is 0 Å². The number of ether oxygens (including phenoxy) is 1. The lowest BCUT2D eigenvalue weighted by atomic mass is 9.64. The quantitative estimate of drug-likeness (QED) is 0.552. The van der Waals surface area contributed by atoms with E-state index in [9.17, 15) is 17.0 Å². The molecule has 0 amide bonds. The highest BCUT2D eigenvalue weighted by Gasteiger charge is 2.64. The molecule has 1 saturated carbocycles. The van der Waals surface area contributed by atoms with Crippen LogP contribution in [0.5, 0.6) is 5.75 Å². The summed E-state index contributed by atoms with van der Waals surface area (Å²) < 4.78 is 78.1. The van der Waals surface area contributed by atoms with Gasteiger partial charge in [-0.2, -0.15) is 0 Å². The zero-order valence-corrected chi connectivity index (χ0v) is 21.1. The Morgan fingerprint density at radius 2 is 1.85 bits per heavy atom. The molecular formula is C24H26ClF2NO4S2. The van der Waals surface area contributed by atoms with Crippen molar-refractivity contribution in [1.82, 2.24) is 4.31 Å². The third kappa shape index (κ3) is 3.27. The van der Waals surface area contributed by atoms with Gasteiger partial charge >= 0.3 is 0 Å². The maximum absolute atomic E-state index is 15.5. The predicted octanol–water partition coefficient (Wildman–Crippen LogP) is 4.43. The summed E-state index contributed by atoms with van der Waals surface area (Å²) in [7, 11) is -6.68. The van der Waals surface area contributed by atoms with Gasteiger partial charge in [-0.1, -0.05) is 18.5 Å². The molecule has 0 bridgehead atoms. The standard InChI is InChI=1S/C24H26ClF2NO4S2/c1-3-28-21-10-12-24(34(30,31)16-6-4-15(25)5-7-16)18(17(21)11-13-33(28,2)29)14-32-23-20(27)9-8-19(26)22(23)24/h4-9,17-18,21H,2-3,10-14H2,1H3/t17-,18-,21+,24-,33?/m0/s1. The summed E-state index contributed by atoms with van der Waals surface area (Å²) in [6.07, 6.45) is 0.887. The third-order valence-corrected chi connectivity index (χ3v) is 12.9. The van der Waals surface area contributed by atoms with Crippen LogP contribution in [-0.2, 0) is 24.3 Å². The van der Waals surface area contributed by atoms with E-state index >= 15 is 4.39 Å². The maximum atomic E-state index is 15.5. The second-order valence-corrected chi connectivity index (χ2v) is 14.3. The van der Waals surface area contributed by atoms with Gasteiger partial charge in [-0.3, -0.25) is 4.21 Å². The Hall–Kier alpha value is -1.68. The lowest BCUT2D eigenvalue weighted by Crippen LogP contribution is -2.63. The van der Waals surface area contributed by atoms with Crippen molar-refractivity contribution in [2.45, 2.75) is 41.9 Å². The van der Waals surface area contributed by atoms with Gasteiger partial charge in [-0.05, 0) is 67.4 Å². The van der Waals surface area contributed by atoms with E-state index in [-0.39, 0.29) is 41.2 Å². The van der Waals surface area contributed by atoms with Crippen LogP contribution in [0, 0.1) is 23.5 Å². The van der Waals surface area contributed by atoms with Crippen molar-refractivity contribution >= 4 is 37.0 Å². The van der Waals surface area contributed by atoms with Gasteiger partial charge in [0.2, 0.25) is 0 Å². The van der Waals surface area contributed by atoms with Gasteiger partial charge in [0, 0.05) is 39.0 Å². The molecule has 2 aliphatic heterocycles. The molecule has 34 heavy (non-hydrogen) atoms. The van der Waals surface area contributed by atoms with Crippen LogP contribution < -0.4 is 4.74 Å². The van der Waals surface area contributed by atoms with Gasteiger partial charge in [-0.15, -0.1) is 0 Å². The molecule has 1 unspecified atom stereocenters. The predicted molar refractivity (Wildman–Crippen MR) is 129 cm³/mol. The minimum Gasteiger partial charge on any atom is -0.490 e. The minimum atomic E-state index is -4.21. The lowest BCUT2D eigenvalue weighted by Gasteiger charge is -2.56. The average Bonchev–Trinajstić information content (AvgIpc) is 2.80. The molecule has 0 spiro atoms. The second kappa shape index (κ2) is 8.18. The summed E-state index contributed by atoms with van der Waals surface area (Å²) >= 11 is 6.00. The first-order valence-electron chi connectivity index (χ1n) is 11.3. The average molecular weight is 530 g/mol. The number of halogens is 3. The van der Waals surface area contributed by atoms with E-state index in [1.54, 1.807) is 0 Å². The van der Waals surface area contributed by atoms with Crippen molar-refractivity contribution in [2.24, 2.45) is 11.8 Å². The van der Waals surface area contributed by atoms with E-state index in [2.05, 4.69) is 5.87 Å². The van der Waals surface area contributed by atoms with E-state index in [1.165, 1.54) is 24.3 Å². The lowest BCUT2D eigenvalue weighted by molar-refractivity contribution is 0.0249. The van der Waals surface area contributed by atoms with Crippen LogP contribution in [0.1, 0.15) is 31.7 Å². The molecule has 2 fully saturated rings. The largest absolute Gasteiger partial charge is 0.490 e. The smallest absolute Gasteiger partial charge is 0.188 e. The molecule has 1 saturated heterocycles. The fourth-order valence-corrected chi connectivity index (χ4v) is 11.0. The molecule has 2 aromatic rings. The number of hydrogen-bond acceptors (Lipinski definition) is 4. The fourth-order valence-electron chi connectivity index (χ4n) is 6.38. The Balaban J connectivity index is 1.76. The molecule has 184 valence electrons. The highest BCUT2D eigenvalue weighted by atomic mass is 35.5. The summed E-state index contributed by atoms with van der Waals surface area (Å²) in [4.78, 5) is 0.000901. The molecule has 1 aliphatic carbocycles. The van der Waals surface area contributed by atoms with Crippen molar-refractivity contribution < 1.29 is 26.1 Å². The van der Waals surface area contributed by atoms with E-state index in [4.69, 9.17) is 16.3 Å². The van der Waals surface area contributed by atoms with E-state index in [1.807, 2.05) is 11.2 Å². The van der Waals surface area contributed by atoms with Crippen LogP contribution in [0.15, 0.2) is 41.3 Å². The van der Waals surface area contributed by atoms with E-state index < -0.39 is 41.8 Å². The van der Waals surface area contributed by atoms with Gasteiger partial charge in [0.05, 0.1) is 17.1 Å². The molecule has 5 rings (SSSR count). The summed E-state index contributed by atoms with van der Waals surface area (Å²) in [5.74, 6) is 1.44. The molecule has 10 heteroatoms. The molecule has 5 atom stereocenters. The highest BCUT2D eigenvalue weighted by molar-refractivity contribution is 7.98. The van der Waals surface area contributed by atoms with Gasteiger partial charge in [-0.25, -0.2) is 21.5 Å². The van der Waals surface area contributed by atoms with Crippen LogP contribution in [0.3, 0.4) is 0 Å². The van der Waals surface area contributed by atoms with Crippen LogP contribution in [-0.4, -0.2) is 47.7 Å². The van der Waals surface area contributed by atoms with Crippen molar-refractivity contribution in [3.05, 3.63) is 58.6 Å². The van der Waals surface area contributed by atoms with Gasteiger partial charge in [0.15, 0.2) is 21.4 Å². The minimum absolute atomic E-state index is 0.000901. The van der Waals surface area contributed by atoms with Crippen LogP contribution >= 0.6 is 11.6 Å². The summed E-state index contributed by atoms with van der Waals surface area (Å²) in [6, 6.07) is 7.52. The summed E-state index contributed by atoms with van der Waals surface area (Å²) in [5.41, 5.74) is -0.235. The number of benzene rings is 2. The summed E-state index contributed by atoms with van der Waals surface area (Å²) in [6.45, 7) is 2.34. The maximum Gasteiger partial charge on any atom is 0.188 e. The monoisotopic (exact) mass is 529 g/mol. The normalized spacial score (nSPS) is 33.4. The molecule has 3 aliphatic rings. The Labute approximate surface area is 204 Å². The second-order valence-electron chi connectivity index (χ2n) is 9.27. The van der Waals surface area contributed by atoms with Crippen molar-refractivity contribution in [1.29, 1.82) is 0 Å². The number of nitrogens with zero attached hydrogens (tertiary/aromatic N) is 1. The number of hydrogen-bond donors (Lipinski definition) is 0. The molecule has 0 N–H and O–H groups in total. The zero-order valence-electron chi connectivity index (χ0n) is 18.7. The number of sulfone groups is 1. The topological polar surface area (TPSA) is 63.7 Å². The van der Waals surface area contributed by atoms with E-state index in [0.29, 0.717) is 30.2 Å². The summed E-state index contributed by atoms with van der Waals surface area (Å²) in [5, 5.41) is 0.373. The number of rotatable bonds is 3. The van der Waals surface area contributed by atoms with Crippen molar-refractivity contribution in [3.8, 4) is 5.75 Å². The van der Waals surface area contributed by atoms with Crippen LogP contribution in [0.4, 0.5) is 8.78 Å². The Morgan fingerprint density at radius 1 is 1.18 bits per heavy atom. The van der Waals surface area contributed by atoms with Gasteiger partial charge in [0.1, 0.15) is 10.6 Å². The number of fused-ring (bicyclic) bond motifs is 5. The first kappa shape index (κ1) is 24.0. The Morgan fingerprint density at radius 3 is 2.53 bits per heavy atom. The third-order valence-electron chi connectivity index (χ3n) is 7.79. The molecular weight excluding hydrogens is 504 g/mol. The Bertz CT molecular complexity index is 1350. The zero-order chi connectivity index (χ0) is 24.5. The van der Waals surface area contributed by atoms with Crippen LogP contribution in [0.25, 0.3) is 0 Å². The molecule has 2 aromatic carbocycles. The Kier molecular flexibility index (Phi) is 5.78. The van der Waals surface area contributed by atoms with Crippen LogP contribution in [0.2, 0.25) is 5.02 Å². The fraction of sp³-hybridized carbons (Fsp3) is 0.458. The molecule has 0 radical (unpaired) electrons. The van der Waals surface area contributed by atoms with Gasteiger partial charge < -0.3 is 4.74 Å². The molecule has 5 nitrogen and oxygen atoms in total. The SMILES string of the molecule is C=S1(=O)CC[C@@H]2[C@@H](CC[C@@]3(S(=O)(=O)c4ccc(Cl)cc4)c4c(F)ccc(F)c4OC[C@@H]23)N1CC. The first-order chi connectivity index (χ1) is 16.0. The van der Waals surface area contributed by atoms with Crippen molar-refractivity contribution in [2.75, 3.05) is 18.9 Å². The molecule has 2 heterocycles. The van der Waals surface area contributed by atoms with E-state index in [0.717, 1.165) is 12.1 Å². The first-order valence-corrected chi connectivity index (χ1v) is 15.0. The highest BCUT2D eigenvalue weighted by Crippen LogP contribution is 2.60. The van der Waals surface area contributed by atoms with Gasteiger partial charge in [0.25, 0.3) is 0 Å².